The smallest absolute Gasteiger partial charge is 0.193 e. The van der Waals surface area contributed by atoms with Crippen LogP contribution in [0.4, 0.5) is 4.39 Å². The molecule has 0 saturated heterocycles. The van der Waals surface area contributed by atoms with Gasteiger partial charge in [0.05, 0.1) is 6.54 Å². The van der Waals surface area contributed by atoms with E-state index in [9.17, 15) is 4.39 Å². The second-order valence-electron chi connectivity index (χ2n) is 5.12. The Bertz CT molecular complexity index is 690. The Morgan fingerprint density at radius 3 is 2.79 bits per heavy atom. The Labute approximate surface area is 163 Å². The number of nitrogens with one attached hydrogen (secondary N) is 1. The van der Waals surface area contributed by atoms with Crippen LogP contribution in [0.1, 0.15) is 11.4 Å². The predicted octanol–water partition coefficient (Wildman–Crippen LogP) is 2.48. The molecule has 0 aliphatic carbocycles. The monoisotopic (exact) mass is 466 g/mol. The number of guanidine groups is 1. The van der Waals surface area contributed by atoms with Crippen LogP contribution in [0.2, 0.25) is 5.02 Å². The highest BCUT2D eigenvalue weighted by Crippen LogP contribution is 2.17. The number of benzene rings is 1. The van der Waals surface area contributed by atoms with Crippen molar-refractivity contribution in [1.82, 2.24) is 25.0 Å². The number of rotatable bonds is 5. The fraction of sp³-hybridized carbons (Fsp3) is 0.400. The molecule has 132 valence electrons. The standard InChI is InChI=1S/C15H20ClFN6.HI/c1-18-15(22(2)9-14-20-10-21-23(14)3)19-7-6-11-4-5-12(17)8-13(11)16;/h4-5,8,10H,6-7,9H2,1-3H3,(H,18,19);1H. The summed E-state index contributed by atoms with van der Waals surface area (Å²) in [5, 5.41) is 7.74. The molecule has 6 nitrogen and oxygen atoms in total. The summed E-state index contributed by atoms with van der Waals surface area (Å²) in [6.07, 6.45) is 2.20. The first-order valence-corrected chi connectivity index (χ1v) is 7.57. The summed E-state index contributed by atoms with van der Waals surface area (Å²) in [6.45, 7) is 1.23. The van der Waals surface area contributed by atoms with Gasteiger partial charge >= 0.3 is 0 Å². The Morgan fingerprint density at radius 1 is 1.46 bits per heavy atom. The molecule has 2 rings (SSSR count). The molecular formula is C15H21ClFIN6. The zero-order valence-electron chi connectivity index (χ0n) is 13.8. The summed E-state index contributed by atoms with van der Waals surface area (Å²) in [6, 6.07) is 4.44. The first-order valence-electron chi connectivity index (χ1n) is 7.20. The number of halogens is 3. The molecule has 0 aliphatic rings. The van der Waals surface area contributed by atoms with Crippen LogP contribution < -0.4 is 5.32 Å². The van der Waals surface area contributed by atoms with E-state index in [2.05, 4.69) is 20.4 Å². The third-order valence-corrected chi connectivity index (χ3v) is 3.80. The van der Waals surface area contributed by atoms with Crippen molar-refractivity contribution in [2.45, 2.75) is 13.0 Å². The van der Waals surface area contributed by atoms with E-state index < -0.39 is 0 Å². The normalized spacial score (nSPS) is 11.1. The molecule has 0 bridgehead atoms. The molecule has 1 aromatic carbocycles. The molecular weight excluding hydrogens is 446 g/mol. The molecule has 1 N–H and O–H groups in total. The molecule has 1 aromatic heterocycles. The van der Waals surface area contributed by atoms with Crippen LogP contribution in [0, 0.1) is 5.82 Å². The number of aryl methyl sites for hydroxylation is 1. The van der Waals surface area contributed by atoms with Crippen molar-refractivity contribution < 1.29 is 4.39 Å². The van der Waals surface area contributed by atoms with Crippen molar-refractivity contribution in [3.63, 3.8) is 0 Å². The van der Waals surface area contributed by atoms with Crippen molar-refractivity contribution >= 4 is 41.5 Å². The maximum Gasteiger partial charge on any atom is 0.193 e. The molecule has 0 fully saturated rings. The fourth-order valence-electron chi connectivity index (χ4n) is 2.17. The summed E-state index contributed by atoms with van der Waals surface area (Å²) in [5.41, 5.74) is 0.895. The highest BCUT2D eigenvalue weighted by Gasteiger charge is 2.10. The first kappa shape index (κ1) is 20.6. The van der Waals surface area contributed by atoms with Crippen LogP contribution in [0.25, 0.3) is 0 Å². The Balaban J connectivity index is 0.00000288. The number of nitrogens with zero attached hydrogens (tertiary/aromatic N) is 5. The topological polar surface area (TPSA) is 58.3 Å². The number of hydrogen-bond acceptors (Lipinski definition) is 3. The molecule has 0 aliphatic heterocycles. The molecule has 0 spiro atoms. The van der Waals surface area contributed by atoms with E-state index in [0.717, 1.165) is 17.3 Å². The van der Waals surface area contributed by atoms with Gasteiger partial charge in [0.15, 0.2) is 5.96 Å². The van der Waals surface area contributed by atoms with E-state index in [-0.39, 0.29) is 29.8 Å². The lowest BCUT2D eigenvalue weighted by molar-refractivity contribution is 0.449. The summed E-state index contributed by atoms with van der Waals surface area (Å²) in [7, 11) is 5.50. The minimum Gasteiger partial charge on any atom is -0.356 e. The third kappa shape index (κ3) is 5.59. The maximum atomic E-state index is 13.0. The zero-order valence-corrected chi connectivity index (χ0v) is 16.9. The second-order valence-corrected chi connectivity index (χ2v) is 5.52. The molecule has 9 heteroatoms. The van der Waals surface area contributed by atoms with Gasteiger partial charge in [-0.25, -0.2) is 9.37 Å². The van der Waals surface area contributed by atoms with Gasteiger partial charge in [0.25, 0.3) is 0 Å². The average Bonchev–Trinajstić information content (AvgIpc) is 2.90. The van der Waals surface area contributed by atoms with Crippen LogP contribution in [-0.4, -0.2) is 46.3 Å². The molecule has 2 aromatic rings. The van der Waals surface area contributed by atoms with Crippen LogP contribution in [-0.2, 0) is 20.0 Å². The fourth-order valence-corrected chi connectivity index (χ4v) is 2.43. The van der Waals surface area contributed by atoms with Crippen LogP contribution in [0.5, 0.6) is 0 Å². The third-order valence-electron chi connectivity index (χ3n) is 3.45. The summed E-state index contributed by atoms with van der Waals surface area (Å²) >= 11 is 6.03. The molecule has 1 heterocycles. The quantitative estimate of drug-likeness (QED) is 0.418. The summed E-state index contributed by atoms with van der Waals surface area (Å²) in [4.78, 5) is 10.4. The molecule has 0 amide bonds. The zero-order chi connectivity index (χ0) is 16.8. The van der Waals surface area contributed by atoms with E-state index in [0.29, 0.717) is 24.5 Å². The van der Waals surface area contributed by atoms with Crippen LogP contribution >= 0.6 is 35.6 Å². The largest absolute Gasteiger partial charge is 0.356 e. The van der Waals surface area contributed by atoms with Crippen molar-refractivity contribution in [1.29, 1.82) is 0 Å². The molecule has 0 unspecified atom stereocenters. The van der Waals surface area contributed by atoms with E-state index in [1.54, 1.807) is 17.8 Å². The second kappa shape index (κ2) is 9.77. The SMILES string of the molecule is CN=C(NCCc1ccc(F)cc1Cl)N(C)Cc1ncnn1C.I. The molecule has 0 saturated carbocycles. The Hall–Kier alpha value is -1.42. The number of aliphatic imine (C=N–C) groups is 1. The number of hydrogen-bond donors (Lipinski definition) is 1. The lowest BCUT2D eigenvalue weighted by atomic mass is 10.1. The minimum atomic E-state index is -0.328. The lowest BCUT2D eigenvalue weighted by Gasteiger charge is -2.21. The van der Waals surface area contributed by atoms with Crippen molar-refractivity contribution in [2.24, 2.45) is 12.0 Å². The van der Waals surface area contributed by atoms with Crippen molar-refractivity contribution in [3.8, 4) is 0 Å². The van der Waals surface area contributed by atoms with E-state index in [1.165, 1.54) is 18.5 Å². The molecule has 0 atom stereocenters. The minimum absolute atomic E-state index is 0. The number of aromatic nitrogens is 3. The summed E-state index contributed by atoms with van der Waals surface area (Å²) in [5.74, 6) is 1.26. The van der Waals surface area contributed by atoms with Gasteiger partial charge in [-0.05, 0) is 24.1 Å². The average molecular weight is 467 g/mol. The van der Waals surface area contributed by atoms with Gasteiger partial charge in [-0.3, -0.25) is 9.67 Å². The van der Waals surface area contributed by atoms with E-state index in [4.69, 9.17) is 11.6 Å². The van der Waals surface area contributed by atoms with Crippen molar-refractivity contribution in [3.05, 3.63) is 46.8 Å². The predicted molar refractivity (Wildman–Crippen MR) is 104 cm³/mol. The van der Waals surface area contributed by atoms with Crippen molar-refractivity contribution in [2.75, 3.05) is 20.6 Å². The van der Waals surface area contributed by atoms with E-state index in [1.807, 2.05) is 19.0 Å². The van der Waals surface area contributed by atoms with Gasteiger partial charge < -0.3 is 10.2 Å². The molecule has 0 radical (unpaired) electrons. The van der Waals surface area contributed by atoms with Gasteiger partial charge in [0, 0.05) is 32.7 Å². The van der Waals surface area contributed by atoms with Gasteiger partial charge in [0.1, 0.15) is 18.0 Å². The van der Waals surface area contributed by atoms with Gasteiger partial charge in [-0.2, -0.15) is 5.10 Å². The van der Waals surface area contributed by atoms with Gasteiger partial charge in [0.2, 0.25) is 0 Å². The van der Waals surface area contributed by atoms with Gasteiger partial charge in [-0.15, -0.1) is 24.0 Å². The van der Waals surface area contributed by atoms with Gasteiger partial charge in [-0.1, -0.05) is 17.7 Å². The Morgan fingerprint density at radius 2 is 2.21 bits per heavy atom. The lowest BCUT2D eigenvalue weighted by Crippen LogP contribution is -2.39. The van der Waals surface area contributed by atoms with Crippen LogP contribution in [0.3, 0.4) is 0 Å². The van der Waals surface area contributed by atoms with Crippen LogP contribution in [0.15, 0.2) is 29.5 Å². The highest BCUT2D eigenvalue weighted by molar-refractivity contribution is 14.0. The highest BCUT2D eigenvalue weighted by atomic mass is 127. The van der Waals surface area contributed by atoms with E-state index >= 15 is 0 Å². The molecule has 24 heavy (non-hydrogen) atoms. The first-order chi connectivity index (χ1) is 11.0. The maximum absolute atomic E-state index is 13.0. The summed E-state index contributed by atoms with van der Waals surface area (Å²) < 4.78 is 14.8. The Kier molecular flexibility index (Phi) is 8.40.